The van der Waals surface area contributed by atoms with E-state index < -0.39 is 29.3 Å². The predicted molar refractivity (Wildman–Crippen MR) is 79.5 cm³/mol. The van der Waals surface area contributed by atoms with Crippen LogP contribution in [0, 0.1) is 5.92 Å². The van der Waals surface area contributed by atoms with Crippen molar-refractivity contribution in [2.75, 3.05) is 13.6 Å². The van der Waals surface area contributed by atoms with E-state index >= 15 is 0 Å². The summed E-state index contributed by atoms with van der Waals surface area (Å²) in [6.07, 6.45) is -3.42. The summed E-state index contributed by atoms with van der Waals surface area (Å²) in [5, 5.41) is 12.0. The van der Waals surface area contributed by atoms with Gasteiger partial charge in [0, 0.05) is 12.3 Å². The molecule has 0 aliphatic rings. The first kappa shape index (κ1) is 19.2. The molecule has 0 spiro atoms. The third kappa shape index (κ3) is 5.09. The number of hydrogen-bond donors (Lipinski definition) is 2. The molecule has 130 valence electrons. The highest BCUT2D eigenvalue weighted by Crippen LogP contribution is 2.31. The van der Waals surface area contributed by atoms with E-state index in [1.807, 2.05) is 0 Å². The Morgan fingerprint density at radius 3 is 2.43 bits per heavy atom. The third-order valence-electron chi connectivity index (χ3n) is 3.43. The quantitative estimate of drug-likeness (QED) is 0.803. The number of alkyl halides is 3. The minimum Gasteiger partial charge on any atom is -0.480 e. The zero-order valence-electron chi connectivity index (χ0n) is 13.3. The topological polar surface area (TPSA) is 71.3 Å². The highest BCUT2D eigenvalue weighted by atomic mass is 19.4. The van der Waals surface area contributed by atoms with E-state index in [1.54, 1.807) is 20.9 Å². The molecule has 0 fully saturated rings. The number of aliphatic carboxylic acids is 1. The summed E-state index contributed by atoms with van der Waals surface area (Å²) in [6.45, 7) is 3.85. The molecule has 0 aliphatic heterocycles. The summed E-state index contributed by atoms with van der Waals surface area (Å²) in [6, 6.07) is -0.695. The van der Waals surface area contributed by atoms with Gasteiger partial charge in [0.05, 0.1) is 5.56 Å². The fourth-order valence-electron chi connectivity index (χ4n) is 2.34. The van der Waals surface area contributed by atoms with Crippen LogP contribution in [0.2, 0.25) is 0 Å². The average Bonchev–Trinajstić information content (AvgIpc) is 2.42. The average molecular weight is 334 g/mol. The molecule has 0 aromatic carbocycles. The van der Waals surface area contributed by atoms with Gasteiger partial charge in [0.1, 0.15) is 6.04 Å². The Morgan fingerprint density at radius 1 is 1.39 bits per heavy atom. The normalized spacial score (nSPS) is 13.3. The van der Waals surface area contributed by atoms with Gasteiger partial charge in [-0.3, -0.25) is 4.79 Å². The van der Waals surface area contributed by atoms with Crippen LogP contribution in [0.1, 0.15) is 37.4 Å². The number of nitrogens with one attached hydrogen (secondary N) is 1. The molecule has 1 heterocycles. The molecule has 5 nitrogen and oxygen atoms in total. The van der Waals surface area contributed by atoms with E-state index in [2.05, 4.69) is 5.32 Å². The fraction of sp³-hybridized carbons (Fsp3) is 0.600. The van der Waals surface area contributed by atoms with Gasteiger partial charge in [-0.05, 0) is 37.9 Å². The van der Waals surface area contributed by atoms with E-state index in [-0.39, 0.29) is 30.9 Å². The number of aromatic nitrogens is 1. The summed E-state index contributed by atoms with van der Waals surface area (Å²) in [5.74, 6) is -1.26. The van der Waals surface area contributed by atoms with Crippen molar-refractivity contribution in [2.45, 2.75) is 38.9 Å². The minimum atomic E-state index is -4.65. The summed E-state index contributed by atoms with van der Waals surface area (Å²) < 4.78 is 40.1. The first-order valence-corrected chi connectivity index (χ1v) is 7.27. The van der Waals surface area contributed by atoms with Crippen molar-refractivity contribution in [1.82, 2.24) is 9.88 Å². The van der Waals surface area contributed by atoms with Crippen LogP contribution in [0.15, 0.2) is 17.1 Å². The number of hydrogen-bond acceptors (Lipinski definition) is 3. The predicted octanol–water partition coefficient (Wildman–Crippen LogP) is 2.30. The van der Waals surface area contributed by atoms with Crippen molar-refractivity contribution >= 4 is 5.97 Å². The van der Waals surface area contributed by atoms with Crippen LogP contribution in [0.25, 0.3) is 0 Å². The number of halogens is 3. The number of carboxylic acid groups (broad SMARTS) is 1. The Kier molecular flexibility index (Phi) is 6.37. The third-order valence-corrected chi connectivity index (χ3v) is 3.43. The van der Waals surface area contributed by atoms with Crippen molar-refractivity contribution in [3.63, 3.8) is 0 Å². The molecule has 0 amide bonds. The summed E-state index contributed by atoms with van der Waals surface area (Å²) in [4.78, 5) is 23.4. The smallest absolute Gasteiger partial charge is 0.416 e. The summed E-state index contributed by atoms with van der Waals surface area (Å²) in [5.41, 5.74) is -2.07. The number of likely N-dealkylation sites (N-methyl/N-ethyl adjacent to an activating group) is 1. The van der Waals surface area contributed by atoms with Gasteiger partial charge in [-0.1, -0.05) is 13.8 Å². The van der Waals surface area contributed by atoms with Gasteiger partial charge < -0.3 is 15.0 Å². The van der Waals surface area contributed by atoms with Crippen molar-refractivity contribution in [3.05, 3.63) is 33.7 Å². The molecular weight excluding hydrogens is 313 g/mol. The zero-order chi connectivity index (χ0) is 17.8. The molecule has 0 saturated carbocycles. The van der Waals surface area contributed by atoms with E-state index in [0.29, 0.717) is 6.07 Å². The molecule has 8 heteroatoms. The molecule has 0 aliphatic carbocycles. The van der Waals surface area contributed by atoms with Crippen LogP contribution >= 0.6 is 0 Å². The standard InChI is InChI=1S/C15H21F3N2O3/c1-9(2)6-12(14(22)23)20-8-10(4-5-19-3)11(7-13(20)21)15(16,17)18/h7-9,12,19H,4-6H2,1-3H3,(H,22,23). The maximum atomic E-state index is 13.1. The van der Waals surface area contributed by atoms with Crippen LogP contribution in [0.5, 0.6) is 0 Å². The Bertz CT molecular complexity index is 609. The molecule has 2 N–H and O–H groups in total. The molecule has 1 aromatic rings. The van der Waals surface area contributed by atoms with Gasteiger partial charge in [0.15, 0.2) is 0 Å². The number of pyridine rings is 1. The van der Waals surface area contributed by atoms with Crippen molar-refractivity contribution < 1.29 is 23.1 Å². The van der Waals surface area contributed by atoms with Crippen LogP contribution in [-0.2, 0) is 17.4 Å². The SMILES string of the molecule is CNCCc1cn(C(CC(C)C)C(=O)O)c(=O)cc1C(F)(F)F. The lowest BCUT2D eigenvalue weighted by atomic mass is 10.0. The number of nitrogens with zero attached hydrogens (tertiary/aromatic N) is 1. The van der Waals surface area contributed by atoms with E-state index in [9.17, 15) is 27.9 Å². The molecule has 1 atom stereocenters. The van der Waals surface area contributed by atoms with Crippen LogP contribution in [0.4, 0.5) is 13.2 Å². The maximum absolute atomic E-state index is 13.1. The molecule has 0 bridgehead atoms. The van der Waals surface area contributed by atoms with Crippen molar-refractivity contribution in [1.29, 1.82) is 0 Å². The lowest BCUT2D eigenvalue weighted by molar-refractivity contribution is -0.141. The highest BCUT2D eigenvalue weighted by molar-refractivity contribution is 5.71. The Labute approximate surface area is 132 Å². The molecule has 1 unspecified atom stereocenters. The highest BCUT2D eigenvalue weighted by Gasteiger charge is 2.35. The number of carboxylic acids is 1. The summed E-state index contributed by atoms with van der Waals surface area (Å²) >= 11 is 0. The number of rotatable bonds is 7. The lowest BCUT2D eigenvalue weighted by Gasteiger charge is -2.21. The second-order valence-electron chi connectivity index (χ2n) is 5.79. The van der Waals surface area contributed by atoms with Gasteiger partial charge in [0.2, 0.25) is 0 Å². The largest absolute Gasteiger partial charge is 0.480 e. The molecule has 0 radical (unpaired) electrons. The molecular formula is C15H21F3N2O3. The first-order chi connectivity index (χ1) is 10.6. The lowest BCUT2D eigenvalue weighted by Crippen LogP contribution is -2.32. The van der Waals surface area contributed by atoms with Crippen LogP contribution in [0.3, 0.4) is 0 Å². The van der Waals surface area contributed by atoms with Gasteiger partial charge >= 0.3 is 12.1 Å². The second-order valence-corrected chi connectivity index (χ2v) is 5.79. The van der Waals surface area contributed by atoms with Crippen molar-refractivity contribution in [2.24, 2.45) is 5.92 Å². The van der Waals surface area contributed by atoms with Crippen LogP contribution in [-0.4, -0.2) is 29.2 Å². The minimum absolute atomic E-state index is 0.0222. The molecule has 1 rings (SSSR count). The Balaban J connectivity index is 3.43. The Hall–Kier alpha value is -1.83. The van der Waals surface area contributed by atoms with E-state index in [1.165, 1.54) is 0 Å². The summed E-state index contributed by atoms with van der Waals surface area (Å²) in [7, 11) is 1.60. The second kappa shape index (κ2) is 7.63. The monoisotopic (exact) mass is 334 g/mol. The van der Waals surface area contributed by atoms with Gasteiger partial charge in [0.25, 0.3) is 5.56 Å². The number of carbonyl (C=O) groups is 1. The maximum Gasteiger partial charge on any atom is 0.416 e. The van der Waals surface area contributed by atoms with Gasteiger partial charge in [-0.15, -0.1) is 0 Å². The molecule has 1 aromatic heterocycles. The first-order valence-electron chi connectivity index (χ1n) is 7.27. The molecule has 0 saturated heterocycles. The van der Waals surface area contributed by atoms with Gasteiger partial charge in [-0.25, -0.2) is 4.79 Å². The van der Waals surface area contributed by atoms with Gasteiger partial charge in [-0.2, -0.15) is 13.2 Å². The fourth-order valence-corrected chi connectivity index (χ4v) is 2.34. The van der Waals surface area contributed by atoms with E-state index in [4.69, 9.17) is 0 Å². The zero-order valence-corrected chi connectivity index (χ0v) is 13.3. The Morgan fingerprint density at radius 2 is 2.00 bits per heavy atom. The van der Waals surface area contributed by atoms with E-state index in [0.717, 1.165) is 10.8 Å². The van der Waals surface area contributed by atoms with Crippen molar-refractivity contribution in [3.8, 4) is 0 Å². The van der Waals surface area contributed by atoms with Crippen LogP contribution < -0.4 is 10.9 Å². The molecule has 23 heavy (non-hydrogen) atoms.